The van der Waals surface area contributed by atoms with Crippen molar-refractivity contribution in [1.82, 2.24) is 5.32 Å². The average Bonchev–Trinajstić information content (AvgIpc) is 3.18. The molecule has 30 heavy (non-hydrogen) atoms. The number of hydrogen-bond acceptors (Lipinski definition) is 6. The molecule has 2 aromatic carbocycles. The van der Waals surface area contributed by atoms with E-state index in [4.69, 9.17) is 18.6 Å². The molecule has 0 saturated heterocycles. The summed E-state index contributed by atoms with van der Waals surface area (Å²) in [6.45, 7) is 4.96. The van der Waals surface area contributed by atoms with Crippen LogP contribution in [-0.4, -0.2) is 38.2 Å². The summed E-state index contributed by atoms with van der Waals surface area (Å²) in [7, 11) is 0. The summed E-state index contributed by atoms with van der Waals surface area (Å²) in [5.41, 5.74) is 1.59. The fourth-order valence-electron chi connectivity index (χ4n) is 2.93. The molecule has 1 aromatic heterocycles. The molecule has 7 nitrogen and oxygen atoms in total. The first-order valence-electron chi connectivity index (χ1n) is 9.91. The molecule has 3 aromatic rings. The Morgan fingerprint density at radius 2 is 1.73 bits per heavy atom. The number of carbonyl (C=O) groups excluding carboxylic acids is 2. The highest BCUT2D eigenvalue weighted by Crippen LogP contribution is 2.28. The Hall–Kier alpha value is -3.48. The van der Waals surface area contributed by atoms with Gasteiger partial charge in [-0.3, -0.25) is 4.79 Å². The van der Waals surface area contributed by atoms with Gasteiger partial charge in [0.05, 0.1) is 13.2 Å². The van der Waals surface area contributed by atoms with E-state index in [-0.39, 0.29) is 18.3 Å². The Labute approximate surface area is 174 Å². The Bertz CT molecular complexity index is 977. The van der Waals surface area contributed by atoms with Gasteiger partial charge >= 0.3 is 5.97 Å². The van der Waals surface area contributed by atoms with Crippen molar-refractivity contribution in [2.24, 2.45) is 0 Å². The lowest BCUT2D eigenvalue weighted by Gasteiger charge is -2.12. The van der Waals surface area contributed by atoms with Gasteiger partial charge in [-0.15, -0.1) is 0 Å². The fourth-order valence-corrected chi connectivity index (χ4v) is 2.93. The maximum atomic E-state index is 12.1. The number of rotatable bonds is 10. The molecule has 7 heteroatoms. The zero-order chi connectivity index (χ0) is 21.3. The molecule has 1 heterocycles. The number of para-hydroxylation sites is 1. The number of ether oxygens (including phenoxy) is 3. The number of amides is 1. The van der Waals surface area contributed by atoms with Crippen LogP contribution in [-0.2, 0) is 16.0 Å². The van der Waals surface area contributed by atoms with Gasteiger partial charge in [0.25, 0.3) is 5.91 Å². The maximum Gasteiger partial charge on any atom is 0.374 e. The topological polar surface area (TPSA) is 87.0 Å². The lowest BCUT2D eigenvalue weighted by atomic mass is 10.1. The predicted octanol–water partition coefficient (Wildman–Crippen LogP) is 3.75. The van der Waals surface area contributed by atoms with Crippen molar-refractivity contribution in [3.63, 3.8) is 0 Å². The molecular weight excluding hydrogens is 386 g/mol. The highest BCUT2D eigenvalue weighted by atomic mass is 16.5. The second-order valence-electron chi connectivity index (χ2n) is 6.47. The summed E-state index contributed by atoms with van der Waals surface area (Å²) in [6.07, 6.45) is 0.607. The summed E-state index contributed by atoms with van der Waals surface area (Å²) in [6, 6.07) is 14.6. The Kier molecular flexibility index (Phi) is 7.32. The van der Waals surface area contributed by atoms with Crippen molar-refractivity contribution >= 4 is 22.8 Å². The lowest BCUT2D eigenvalue weighted by Crippen LogP contribution is -2.30. The molecular formula is C23H25NO6. The third-order valence-corrected chi connectivity index (χ3v) is 4.30. The van der Waals surface area contributed by atoms with Crippen LogP contribution in [0.1, 0.15) is 30.0 Å². The molecule has 1 N–H and O–H groups in total. The Morgan fingerprint density at radius 1 is 0.967 bits per heavy atom. The van der Waals surface area contributed by atoms with E-state index in [0.29, 0.717) is 43.3 Å². The standard InChI is InChI=1S/C23H25NO6/c1-3-27-19-10-9-16(13-20(19)28-4-2)11-12-24-22(25)15-29-23(26)21-14-17-7-5-6-8-18(17)30-21/h5-10,13-14H,3-4,11-12,15H2,1-2H3,(H,24,25). The minimum Gasteiger partial charge on any atom is -0.490 e. The van der Waals surface area contributed by atoms with E-state index in [1.54, 1.807) is 12.1 Å². The van der Waals surface area contributed by atoms with Gasteiger partial charge in [-0.05, 0) is 50.1 Å². The van der Waals surface area contributed by atoms with Gasteiger partial charge in [0, 0.05) is 11.9 Å². The molecule has 0 saturated carbocycles. The highest BCUT2D eigenvalue weighted by molar-refractivity contribution is 5.93. The normalized spacial score (nSPS) is 10.6. The Balaban J connectivity index is 1.45. The first-order valence-corrected chi connectivity index (χ1v) is 9.91. The van der Waals surface area contributed by atoms with E-state index in [1.165, 1.54) is 0 Å². The summed E-state index contributed by atoms with van der Waals surface area (Å²) >= 11 is 0. The van der Waals surface area contributed by atoms with E-state index in [0.717, 1.165) is 10.9 Å². The van der Waals surface area contributed by atoms with Crippen molar-refractivity contribution in [3.8, 4) is 11.5 Å². The van der Waals surface area contributed by atoms with Gasteiger partial charge < -0.3 is 23.9 Å². The molecule has 0 aliphatic heterocycles. The zero-order valence-electron chi connectivity index (χ0n) is 17.1. The molecule has 0 radical (unpaired) electrons. The van der Waals surface area contributed by atoms with Gasteiger partial charge in [0.15, 0.2) is 18.1 Å². The number of fused-ring (bicyclic) bond motifs is 1. The SMILES string of the molecule is CCOc1ccc(CCNC(=O)COC(=O)c2cc3ccccc3o2)cc1OCC. The molecule has 158 valence electrons. The van der Waals surface area contributed by atoms with E-state index < -0.39 is 5.97 Å². The minimum absolute atomic E-state index is 0.0711. The van der Waals surface area contributed by atoms with Crippen LogP contribution in [0.2, 0.25) is 0 Å². The molecule has 0 aliphatic rings. The molecule has 0 spiro atoms. The zero-order valence-corrected chi connectivity index (χ0v) is 17.1. The summed E-state index contributed by atoms with van der Waals surface area (Å²) in [5, 5.41) is 3.54. The summed E-state index contributed by atoms with van der Waals surface area (Å²) in [5.74, 6) is 0.402. The molecule has 0 atom stereocenters. The third-order valence-electron chi connectivity index (χ3n) is 4.30. The summed E-state index contributed by atoms with van der Waals surface area (Å²) < 4.78 is 21.6. The second-order valence-corrected chi connectivity index (χ2v) is 6.47. The number of esters is 1. The number of hydrogen-bond donors (Lipinski definition) is 1. The number of furan rings is 1. The lowest BCUT2D eigenvalue weighted by molar-refractivity contribution is -0.124. The molecule has 0 aliphatic carbocycles. The van der Waals surface area contributed by atoms with Crippen molar-refractivity contribution in [1.29, 1.82) is 0 Å². The summed E-state index contributed by atoms with van der Waals surface area (Å²) in [4.78, 5) is 24.1. The van der Waals surface area contributed by atoms with Crippen LogP contribution in [0.3, 0.4) is 0 Å². The van der Waals surface area contributed by atoms with Crippen molar-refractivity contribution in [2.45, 2.75) is 20.3 Å². The molecule has 0 bridgehead atoms. The minimum atomic E-state index is -0.672. The van der Waals surface area contributed by atoms with Crippen LogP contribution in [0.5, 0.6) is 11.5 Å². The quantitative estimate of drug-likeness (QED) is 0.512. The predicted molar refractivity (Wildman–Crippen MR) is 112 cm³/mol. The number of carbonyl (C=O) groups is 2. The second kappa shape index (κ2) is 10.3. The van der Waals surface area contributed by atoms with E-state index in [9.17, 15) is 9.59 Å². The van der Waals surface area contributed by atoms with Gasteiger partial charge in [-0.25, -0.2) is 4.79 Å². The van der Waals surface area contributed by atoms with Gasteiger partial charge in [0.2, 0.25) is 5.76 Å². The van der Waals surface area contributed by atoms with Gasteiger partial charge in [0.1, 0.15) is 5.58 Å². The number of benzene rings is 2. The maximum absolute atomic E-state index is 12.1. The van der Waals surface area contributed by atoms with Crippen LogP contribution in [0.25, 0.3) is 11.0 Å². The Morgan fingerprint density at radius 3 is 2.50 bits per heavy atom. The first-order chi connectivity index (χ1) is 14.6. The smallest absolute Gasteiger partial charge is 0.374 e. The van der Waals surface area contributed by atoms with E-state index in [1.807, 2.05) is 50.2 Å². The monoisotopic (exact) mass is 411 g/mol. The van der Waals surface area contributed by atoms with E-state index in [2.05, 4.69) is 5.32 Å². The first kappa shape index (κ1) is 21.2. The average molecular weight is 411 g/mol. The van der Waals surface area contributed by atoms with Crippen molar-refractivity contribution in [2.75, 3.05) is 26.4 Å². The highest BCUT2D eigenvalue weighted by Gasteiger charge is 2.15. The van der Waals surface area contributed by atoms with E-state index >= 15 is 0 Å². The molecule has 0 fully saturated rings. The fraction of sp³-hybridized carbons (Fsp3) is 0.304. The van der Waals surface area contributed by atoms with Crippen LogP contribution in [0, 0.1) is 0 Å². The molecule has 0 unspecified atom stereocenters. The van der Waals surface area contributed by atoms with Crippen LogP contribution >= 0.6 is 0 Å². The molecule has 3 rings (SSSR count). The van der Waals surface area contributed by atoms with Crippen molar-refractivity contribution in [3.05, 3.63) is 59.9 Å². The van der Waals surface area contributed by atoms with Crippen LogP contribution in [0.4, 0.5) is 0 Å². The largest absolute Gasteiger partial charge is 0.490 e. The molecule has 1 amide bonds. The van der Waals surface area contributed by atoms with Gasteiger partial charge in [-0.1, -0.05) is 24.3 Å². The third kappa shape index (κ3) is 5.53. The number of nitrogens with one attached hydrogen (secondary N) is 1. The van der Waals surface area contributed by atoms with Crippen LogP contribution < -0.4 is 14.8 Å². The van der Waals surface area contributed by atoms with Gasteiger partial charge in [-0.2, -0.15) is 0 Å². The van der Waals surface area contributed by atoms with Crippen molar-refractivity contribution < 1.29 is 28.2 Å². The van der Waals surface area contributed by atoms with Crippen LogP contribution in [0.15, 0.2) is 52.9 Å².